The van der Waals surface area contributed by atoms with Crippen LogP contribution in [0.4, 0.5) is 8.78 Å². The van der Waals surface area contributed by atoms with E-state index in [1.165, 1.54) is 25.5 Å². The van der Waals surface area contributed by atoms with Gasteiger partial charge in [-0.25, -0.2) is 23.7 Å². The van der Waals surface area contributed by atoms with Gasteiger partial charge in [-0.3, -0.25) is 14.5 Å². The fraction of sp³-hybridized carbons (Fsp3) is 0.409. The third-order valence-corrected chi connectivity index (χ3v) is 5.80. The summed E-state index contributed by atoms with van der Waals surface area (Å²) in [6.45, 7) is 3.63. The monoisotopic (exact) mass is 492 g/mol. The molecule has 1 unspecified atom stereocenters. The molecule has 0 saturated carbocycles. The molecule has 2 fully saturated rings. The number of aromatic nitrogens is 3. The average molecular weight is 493 g/mol. The predicted octanol–water partition coefficient (Wildman–Crippen LogP) is 1.96. The Bertz CT molecular complexity index is 1110. The summed E-state index contributed by atoms with van der Waals surface area (Å²) in [4.78, 5) is 39.9. The largest absolute Gasteiger partial charge is 0.365 e. The van der Waals surface area contributed by atoms with Gasteiger partial charge in [0, 0.05) is 20.1 Å². The molecule has 2 aromatic rings. The Hall–Kier alpha value is -3.02. The van der Waals surface area contributed by atoms with Crippen molar-refractivity contribution >= 4 is 23.4 Å². The van der Waals surface area contributed by atoms with Crippen LogP contribution in [0.3, 0.4) is 0 Å². The number of likely N-dealkylation sites (tertiary alicyclic amines) is 1. The van der Waals surface area contributed by atoms with E-state index < -0.39 is 18.1 Å². The van der Waals surface area contributed by atoms with E-state index in [9.17, 15) is 18.4 Å². The number of amides is 2. The summed E-state index contributed by atoms with van der Waals surface area (Å²) in [5.74, 6) is -3.35. The summed E-state index contributed by atoms with van der Waals surface area (Å²) >= 11 is 6.28. The van der Waals surface area contributed by atoms with Gasteiger partial charge in [-0.1, -0.05) is 18.2 Å². The van der Waals surface area contributed by atoms with Crippen LogP contribution in [-0.2, 0) is 9.53 Å². The number of alkyl halides is 2. The molecule has 9 nitrogen and oxygen atoms in total. The second kappa shape index (κ2) is 9.69. The molecule has 0 radical (unpaired) electrons. The van der Waals surface area contributed by atoms with Gasteiger partial charge in [0.2, 0.25) is 5.91 Å². The Kier molecular flexibility index (Phi) is 6.87. The highest BCUT2D eigenvalue weighted by molar-refractivity contribution is 6.29. The van der Waals surface area contributed by atoms with Gasteiger partial charge in [-0.05, 0) is 29.8 Å². The van der Waals surface area contributed by atoms with Crippen LogP contribution in [-0.4, -0.2) is 88.4 Å². The molecule has 34 heavy (non-hydrogen) atoms. The fourth-order valence-corrected chi connectivity index (χ4v) is 4.26. The van der Waals surface area contributed by atoms with Gasteiger partial charge in [0.15, 0.2) is 0 Å². The Morgan fingerprint density at radius 3 is 2.71 bits per heavy atom. The van der Waals surface area contributed by atoms with Crippen molar-refractivity contribution in [3.63, 3.8) is 0 Å². The van der Waals surface area contributed by atoms with E-state index in [1.807, 2.05) is 0 Å². The van der Waals surface area contributed by atoms with E-state index in [0.717, 1.165) is 0 Å². The van der Waals surface area contributed by atoms with Crippen LogP contribution in [0.15, 0.2) is 37.2 Å². The van der Waals surface area contributed by atoms with Crippen LogP contribution < -0.4 is 5.32 Å². The highest BCUT2D eigenvalue weighted by atomic mass is 35.5. The zero-order valence-electron chi connectivity index (χ0n) is 18.4. The van der Waals surface area contributed by atoms with Crippen molar-refractivity contribution in [1.29, 1.82) is 0 Å². The molecule has 0 bridgehead atoms. The molecule has 2 atom stereocenters. The van der Waals surface area contributed by atoms with Gasteiger partial charge in [0.25, 0.3) is 11.8 Å². The maximum atomic E-state index is 13.3. The first-order valence-corrected chi connectivity index (χ1v) is 10.9. The van der Waals surface area contributed by atoms with Crippen molar-refractivity contribution in [2.75, 3.05) is 39.8 Å². The second-order valence-corrected chi connectivity index (χ2v) is 8.58. The summed E-state index contributed by atoms with van der Waals surface area (Å²) < 4.78 is 32.8. The van der Waals surface area contributed by atoms with Crippen LogP contribution in [0.5, 0.6) is 0 Å². The summed E-state index contributed by atoms with van der Waals surface area (Å²) in [5.41, 5.74) is 1.57. The zero-order valence-corrected chi connectivity index (χ0v) is 19.1. The van der Waals surface area contributed by atoms with E-state index in [2.05, 4.69) is 26.8 Å². The van der Waals surface area contributed by atoms with Crippen LogP contribution in [0.2, 0.25) is 5.15 Å². The number of nitrogens with zero attached hydrogens (tertiary/aromatic N) is 5. The van der Waals surface area contributed by atoms with Crippen LogP contribution >= 0.6 is 11.6 Å². The van der Waals surface area contributed by atoms with Crippen LogP contribution in [0, 0.1) is 0 Å². The Morgan fingerprint density at radius 1 is 1.26 bits per heavy atom. The third kappa shape index (κ3) is 5.37. The van der Waals surface area contributed by atoms with E-state index in [4.69, 9.17) is 16.3 Å². The number of carbonyl (C=O) groups is 2. The van der Waals surface area contributed by atoms with Gasteiger partial charge >= 0.3 is 0 Å². The SMILES string of the molecule is C=CC(=O)N1CC(CN2CC(F)(F)C2)O[C@H](c2cc(Cl)nc(-c3cc(C(=O)NC)ncn3)c2)C1. The first-order chi connectivity index (χ1) is 16.2. The Balaban J connectivity index is 1.60. The third-order valence-electron chi connectivity index (χ3n) is 5.60. The van der Waals surface area contributed by atoms with E-state index in [1.54, 1.807) is 21.9 Å². The molecule has 2 aliphatic heterocycles. The molecular formula is C22H23ClF2N6O3. The molecule has 4 heterocycles. The first-order valence-electron chi connectivity index (χ1n) is 10.6. The molecule has 2 aromatic heterocycles. The normalized spacial score (nSPS) is 22.1. The van der Waals surface area contributed by atoms with E-state index in [-0.39, 0.29) is 55.4 Å². The minimum atomic E-state index is -2.69. The highest BCUT2D eigenvalue weighted by Gasteiger charge is 2.45. The van der Waals surface area contributed by atoms with Crippen molar-refractivity contribution in [3.05, 3.63) is 53.6 Å². The standard InChI is InChI=1S/C22H23ClF2N6O3/c1-3-20(32)31-8-14(7-30-10-22(24,25)11-30)34-18(9-31)13-4-16(29-19(23)5-13)15-6-17(21(33)26-2)28-12-27-15/h3-6,12,14,18H,1,7-11H2,2H3,(H,26,33)/t14?,18-/m0/s1. The van der Waals surface area contributed by atoms with E-state index >= 15 is 0 Å². The minimum absolute atomic E-state index is 0.166. The maximum absolute atomic E-state index is 13.3. The quantitative estimate of drug-likeness (QED) is 0.486. The van der Waals surface area contributed by atoms with Crippen LogP contribution in [0.1, 0.15) is 22.2 Å². The lowest BCUT2D eigenvalue weighted by atomic mass is 10.0. The molecular weight excluding hydrogens is 470 g/mol. The number of morpholine rings is 1. The number of halogens is 3. The minimum Gasteiger partial charge on any atom is -0.365 e. The zero-order chi connectivity index (χ0) is 24.5. The van der Waals surface area contributed by atoms with Gasteiger partial charge in [0.05, 0.1) is 37.1 Å². The summed E-state index contributed by atoms with van der Waals surface area (Å²) in [6.07, 6.45) is 1.41. The molecule has 12 heteroatoms. The second-order valence-electron chi connectivity index (χ2n) is 8.20. The molecule has 2 saturated heterocycles. The number of hydrogen-bond donors (Lipinski definition) is 1. The molecule has 0 aromatic carbocycles. The van der Waals surface area contributed by atoms with Crippen LogP contribution in [0.25, 0.3) is 11.4 Å². The summed E-state index contributed by atoms with van der Waals surface area (Å²) in [6, 6.07) is 4.82. The summed E-state index contributed by atoms with van der Waals surface area (Å²) in [7, 11) is 1.49. The molecule has 4 rings (SSSR count). The lowest BCUT2D eigenvalue weighted by Crippen LogP contribution is -2.60. The molecule has 2 amide bonds. The van der Waals surface area contributed by atoms with E-state index in [0.29, 0.717) is 17.0 Å². The average Bonchev–Trinajstić information content (AvgIpc) is 2.81. The smallest absolute Gasteiger partial charge is 0.272 e. The Morgan fingerprint density at radius 2 is 2.03 bits per heavy atom. The fourth-order valence-electron chi connectivity index (χ4n) is 4.04. The number of rotatable bonds is 6. The summed E-state index contributed by atoms with van der Waals surface area (Å²) in [5, 5.41) is 2.67. The van der Waals surface area contributed by atoms with Crippen molar-refractivity contribution in [1.82, 2.24) is 30.1 Å². The highest BCUT2D eigenvalue weighted by Crippen LogP contribution is 2.32. The van der Waals surface area contributed by atoms with Crippen molar-refractivity contribution in [2.24, 2.45) is 0 Å². The number of pyridine rings is 1. The lowest BCUT2D eigenvalue weighted by molar-refractivity contribution is -0.165. The number of carbonyl (C=O) groups excluding carboxylic acids is 2. The maximum Gasteiger partial charge on any atom is 0.272 e. The lowest BCUT2D eigenvalue weighted by Gasteiger charge is -2.44. The van der Waals surface area contributed by atoms with Gasteiger partial charge in [0.1, 0.15) is 23.3 Å². The van der Waals surface area contributed by atoms with Crippen molar-refractivity contribution in [3.8, 4) is 11.4 Å². The van der Waals surface area contributed by atoms with Crippen molar-refractivity contribution < 1.29 is 23.1 Å². The molecule has 1 N–H and O–H groups in total. The predicted molar refractivity (Wildman–Crippen MR) is 119 cm³/mol. The first kappa shape index (κ1) is 24.1. The van der Waals surface area contributed by atoms with Gasteiger partial charge in [-0.15, -0.1) is 0 Å². The molecule has 180 valence electrons. The molecule has 0 aliphatic carbocycles. The number of ether oxygens (including phenoxy) is 1. The van der Waals surface area contributed by atoms with Crippen molar-refractivity contribution in [2.45, 2.75) is 18.1 Å². The topological polar surface area (TPSA) is 101 Å². The number of hydrogen-bond acceptors (Lipinski definition) is 7. The van der Waals surface area contributed by atoms with Gasteiger partial charge < -0.3 is 15.0 Å². The molecule has 2 aliphatic rings. The Labute approximate surface area is 199 Å². The molecule has 0 spiro atoms. The number of nitrogens with one attached hydrogen (secondary N) is 1. The van der Waals surface area contributed by atoms with Gasteiger partial charge in [-0.2, -0.15) is 0 Å².